The van der Waals surface area contributed by atoms with Crippen LogP contribution in [-0.4, -0.2) is 21.7 Å². The highest BCUT2D eigenvalue weighted by atomic mass is 32.1. The minimum absolute atomic E-state index is 0.190. The molecular formula is C24H22N4O2S. The van der Waals surface area contributed by atoms with E-state index in [0.29, 0.717) is 23.2 Å². The van der Waals surface area contributed by atoms with Crippen molar-refractivity contribution in [1.29, 1.82) is 0 Å². The van der Waals surface area contributed by atoms with Crippen LogP contribution < -0.4 is 15.4 Å². The number of hydrogen-bond acceptors (Lipinski definition) is 4. The highest BCUT2D eigenvalue weighted by Gasteiger charge is 2.36. The molecule has 1 aliphatic rings. The summed E-state index contributed by atoms with van der Waals surface area (Å²) in [4.78, 5) is 21.5. The van der Waals surface area contributed by atoms with Crippen molar-refractivity contribution in [2.45, 2.75) is 19.6 Å². The molecule has 2 N–H and O–H groups in total. The van der Waals surface area contributed by atoms with Crippen molar-refractivity contribution < 1.29 is 9.53 Å². The number of benzene rings is 2. The Morgan fingerprint density at radius 2 is 1.81 bits per heavy atom. The number of carbonyl (C=O) groups is 1. The largest absolute Gasteiger partial charge is 0.489 e. The van der Waals surface area contributed by atoms with Crippen molar-refractivity contribution in [3.63, 3.8) is 0 Å². The number of amides is 1. The van der Waals surface area contributed by atoms with Gasteiger partial charge in [0.1, 0.15) is 24.1 Å². The molecule has 31 heavy (non-hydrogen) atoms. The number of aliphatic imine (C=N–C) groups is 1. The first-order valence-electron chi connectivity index (χ1n) is 9.94. The molecule has 156 valence electrons. The number of nitrogens with one attached hydrogen (secondary N) is 2. The van der Waals surface area contributed by atoms with Gasteiger partial charge in [-0.1, -0.05) is 48.5 Å². The normalized spacial score (nSPS) is 18.0. The molecular weight excluding hydrogens is 408 g/mol. The SMILES string of the molecule is CC1=NC(=S)NC(c2ccc(OCc3ccccc3)cc2)C1C(=O)Nc1ccccn1. The van der Waals surface area contributed by atoms with Gasteiger partial charge in [0.25, 0.3) is 0 Å². The molecule has 0 radical (unpaired) electrons. The van der Waals surface area contributed by atoms with Crippen molar-refractivity contribution in [2.24, 2.45) is 10.9 Å². The molecule has 1 amide bonds. The number of aromatic nitrogens is 1. The van der Waals surface area contributed by atoms with Crippen LogP contribution in [0.25, 0.3) is 0 Å². The van der Waals surface area contributed by atoms with Gasteiger partial charge in [-0.15, -0.1) is 0 Å². The highest BCUT2D eigenvalue weighted by molar-refractivity contribution is 7.80. The van der Waals surface area contributed by atoms with Crippen molar-refractivity contribution in [3.8, 4) is 5.75 Å². The number of ether oxygens (including phenoxy) is 1. The van der Waals surface area contributed by atoms with Crippen LogP contribution in [-0.2, 0) is 11.4 Å². The van der Waals surface area contributed by atoms with Crippen LogP contribution in [0.2, 0.25) is 0 Å². The van der Waals surface area contributed by atoms with Gasteiger partial charge in [-0.05, 0) is 54.5 Å². The van der Waals surface area contributed by atoms with E-state index in [2.05, 4.69) is 20.6 Å². The molecule has 2 aromatic carbocycles. The van der Waals surface area contributed by atoms with Crippen LogP contribution in [0, 0.1) is 5.92 Å². The van der Waals surface area contributed by atoms with Crippen LogP contribution >= 0.6 is 12.2 Å². The highest BCUT2D eigenvalue weighted by Crippen LogP contribution is 2.29. The zero-order valence-electron chi connectivity index (χ0n) is 17.0. The van der Waals surface area contributed by atoms with E-state index in [4.69, 9.17) is 17.0 Å². The maximum Gasteiger partial charge on any atom is 0.236 e. The standard InChI is InChI=1S/C24H22N4O2S/c1-16-21(23(29)27-20-9-5-6-14-25-20)22(28-24(31)26-16)18-10-12-19(13-11-18)30-15-17-7-3-2-4-8-17/h2-14,21-22H,15H2,1H3,(H,28,31)(H,25,27,29). The third-order valence-corrected chi connectivity index (χ3v) is 5.24. The van der Waals surface area contributed by atoms with Crippen molar-refractivity contribution >= 4 is 34.8 Å². The molecule has 2 unspecified atom stereocenters. The van der Waals surface area contributed by atoms with Crippen LogP contribution in [0.15, 0.2) is 84.0 Å². The van der Waals surface area contributed by atoms with Gasteiger partial charge in [0.05, 0.1) is 6.04 Å². The molecule has 0 bridgehead atoms. The van der Waals surface area contributed by atoms with Crippen LogP contribution in [0.4, 0.5) is 5.82 Å². The third-order valence-electron chi connectivity index (χ3n) is 5.03. The molecule has 0 aliphatic carbocycles. The summed E-state index contributed by atoms with van der Waals surface area (Å²) < 4.78 is 5.87. The molecule has 1 aliphatic heterocycles. The first kappa shape index (κ1) is 20.7. The fourth-order valence-electron chi connectivity index (χ4n) is 3.49. The van der Waals surface area contributed by atoms with Gasteiger partial charge in [0, 0.05) is 11.9 Å². The fraction of sp³-hybridized carbons (Fsp3) is 0.167. The second-order valence-corrected chi connectivity index (χ2v) is 7.59. The Balaban J connectivity index is 1.50. The molecule has 1 aromatic heterocycles. The van der Waals surface area contributed by atoms with Gasteiger partial charge >= 0.3 is 0 Å². The van der Waals surface area contributed by atoms with E-state index in [0.717, 1.165) is 16.9 Å². The zero-order valence-corrected chi connectivity index (χ0v) is 17.8. The zero-order chi connectivity index (χ0) is 21.6. The number of carbonyl (C=O) groups excluding carboxylic acids is 1. The maximum absolute atomic E-state index is 13.1. The van der Waals surface area contributed by atoms with E-state index in [1.54, 1.807) is 18.3 Å². The Hall–Kier alpha value is -3.58. The van der Waals surface area contributed by atoms with Crippen molar-refractivity contribution in [1.82, 2.24) is 10.3 Å². The average Bonchev–Trinajstić information content (AvgIpc) is 2.79. The summed E-state index contributed by atoms with van der Waals surface area (Å²) in [6.45, 7) is 2.31. The van der Waals surface area contributed by atoms with E-state index in [-0.39, 0.29) is 11.9 Å². The van der Waals surface area contributed by atoms with Gasteiger partial charge in [0.2, 0.25) is 5.91 Å². The lowest BCUT2D eigenvalue weighted by Crippen LogP contribution is -2.45. The predicted molar refractivity (Wildman–Crippen MR) is 125 cm³/mol. The fourth-order valence-corrected chi connectivity index (χ4v) is 3.76. The average molecular weight is 431 g/mol. The second-order valence-electron chi connectivity index (χ2n) is 7.21. The Morgan fingerprint density at radius 1 is 1.06 bits per heavy atom. The summed E-state index contributed by atoms with van der Waals surface area (Å²) in [5.41, 5.74) is 2.68. The van der Waals surface area contributed by atoms with Crippen LogP contribution in [0.5, 0.6) is 5.75 Å². The molecule has 2 atom stereocenters. The van der Waals surface area contributed by atoms with Crippen LogP contribution in [0.3, 0.4) is 0 Å². The van der Waals surface area contributed by atoms with E-state index < -0.39 is 5.92 Å². The number of hydrogen-bond donors (Lipinski definition) is 2. The molecule has 7 heteroatoms. The van der Waals surface area contributed by atoms with E-state index in [1.807, 2.05) is 67.6 Å². The molecule has 0 spiro atoms. The second kappa shape index (κ2) is 9.49. The quantitative estimate of drug-likeness (QED) is 0.570. The maximum atomic E-state index is 13.1. The Kier molecular flexibility index (Phi) is 6.33. The lowest BCUT2D eigenvalue weighted by atomic mass is 9.87. The third kappa shape index (κ3) is 5.13. The number of pyridine rings is 1. The predicted octanol–water partition coefficient (Wildman–Crippen LogP) is 4.31. The molecule has 0 saturated carbocycles. The lowest BCUT2D eigenvalue weighted by Gasteiger charge is -2.31. The van der Waals surface area contributed by atoms with Gasteiger partial charge in [-0.25, -0.2) is 9.98 Å². The van der Waals surface area contributed by atoms with Gasteiger partial charge in [-0.2, -0.15) is 0 Å². The topological polar surface area (TPSA) is 75.6 Å². The van der Waals surface area contributed by atoms with Crippen molar-refractivity contribution in [2.75, 3.05) is 5.32 Å². The summed E-state index contributed by atoms with van der Waals surface area (Å²) in [6.07, 6.45) is 1.64. The van der Waals surface area contributed by atoms with Crippen LogP contribution in [0.1, 0.15) is 24.1 Å². The molecule has 4 rings (SSSR count). The lowest BCUT2D eigenvalue weighted by molar-refractivity contribution is -0.118. The number of thiocarbonyl (C=S) groups is 1. The van der Waals surface area contributed by atoms with E-state index in [9.17, 15) is 4.79 Å². The summed E-state index contributed by atoms with van der Waals surface area (Å²) in [5, 5.41) is 6.42. The van der Waals surface area contributed by atoms with Crippen molar-refractivity contribution in [3.05, 3.63) is 90.1 Å². The summed E-state index contributed by atoms with van der Waals surface area (Å²) >= 11 is 5.28. The number of rotatable bonds is 6. The van der Waals surface area contributed by atoms with E-state index in [1.165, 1.54) is 0 Å². The Bertz CT molecular complexity index is 1090. The summed E-state index contributed by atoms with van der Waals surface area (Å²) in [7, 11) is 0. The molecule has 0 fully saturated rings. The van der Waals surface area contributed by atoms with Gasteiger partial charge in [-0.3, -0.25) is 4.79 Å². The van der Waals surface area contributed by atoms with Gasteiger partial charge < -0.3 is 15.4 Å². The molecule has 3 aromatic rings. The minimum Gasteiger partial charge on any atom is -0.489 e. The Morgan fingerprint density at radius 3 is 2.52 bits per heavy atom. The van der Waals surface area contributed by atoms with E-state index >= 15 is 0 Å². The van der Waals surface area contributed by atoms with Gasteiger partial charge in [0.15, 0.2) is 5.11 Å². The summed E-state index contributed by atoms with van der Waals surface area (Å²) in [5.74, 6) is 0.539. The number of anilines is 1. The smallest absolute Gasteiger partial charge is 0.236 e. The first-order chi connectivity index (χ1) is 15.1. The first-order valence-corrected chi connectivity index (χ1v) is 10.4. The monoisotopic (exact) mass is 430 g/mol. The number of nitrogens with zero attached hydrogens (tertiary/aromatic N) is 2. The summed E-state index contributed by atoms with van der Waals surface area (Å²) in [6, 6.07) is 22.7. The minimum atomic E-state index is -0.523. The molecule has 0 saturated heterocycles. The molecule has 2 heterocycles. The molecule has 6 nitrogen and oxygen atoms in total. The Labute approximate surface area is 186 Å².